The second kappa shape index (κ2) is 7.99. The number of carbonyl (C=O) groups is 2. The van der Waals surface area contributed by atoms with Crippen LogP contribution in [-0.2, 0) is 19.1 Å². The highest BCUT2D eigenvalue weighted by Gasteiger charge is 2.06. The van der Waals surface area contributed by atoms with Gasteiger partial charge >= 0.3 is 11.9 Å². The molecule has 0 radical (unpaired) electrons. The van der Waals surface area contributed by atoms with Crippen molar-refractivity contribution in [2.75, 3.05) is 6.61 Å². The topological polar surface area (TPSA) is 72.8 Å². The molecule has 0 rings (SSSR count). The van der Waals surface area contributed by atoms with Gasteiger partial charge in [0.25, 0.3) is 0 Å². The first-order valence-electron chi connectivity index (χ1n) is 4.79. The third-order valence-corrected chi connectivity index (χ3v) is 1.49. The summed E-state index contributed by atoms with van der Waals surface area (Å²) in [5.74, 6) is -1.91. The van der Waals surface area contributed by atoms with Gasteiger partial charge < -0.3 is 14.6 Å². The Morgan fingerprint density at radius 2 is 2.07 bits per heavy atom. The number of aliphatic carboxylic acids is 1. The molecule has 0 aliphatic heterocycles. The van der Waals surface area contributed by atoms with E-state index in [4.69, 9.17) is 14.6 Å². The third kappa shape index (κ3) is 8.96. The van der Waals surface area contributed by atoms with Gasteiger partial charge in [-0.15, -0.1) is 0 Å². The molecule has 5 heteroatoms. The second-order valence-electron chi connectivity index (χ2n) is 2.90. The van der Waals surface area contributed by atoms with Gasteiger partial charge in [0, 0.05) is 12.2 Å². The first kappa shape index (κ1) is 13.6. The molecule has 0 saturated carbocycles. The van der Waals surface area contributed by atoms with Crippen molar-refractivity contribution in [1.82, 2.24) is 0 Å². The predicted molar refractivity (Wildman–Crippen MR) is 53.2 cm³/mol. The van der Waals surface area contributed by atoms with Gasteiger partial charge in [0.15, 0.2) is 6.29 Å². The fraction of sp³-hybridized carbons (Fsp3) is 0.600. The molecular weight excluding hydrogens is 200 g/mol. The van der Waals surface area contributed by atoms with Crippen LogP contribution in [0.15, 0.2) is 12.2 Å². The van der Waals surface area contributed by atoms with Crippen LogP contribution in [0.3, 0.4) is 0 Å². The first-order chi connectivity index (χ1) is 7.06. The van der Waals surface area contributed by atoms with E-state index in [2.05, 4.69) is 0 Å². The number of hydrogen-bond acceptors (Lipinski definition) is 4. The zero-order valence-electron chi connectivity index (χ0n) is 8.93. The molecule has 0 bridgehead atoms. The number of carboxylic acid groups (broad SMARTS) is 1. The van der Waals surface area contributed by atoms with Gasteiger partial charge in [-0.3, -0.25) is 0 Å². The van der Waals surface area contributed by atoms with Crippen molar-refractivity contribution in [3.05, 3.63) is 12.2 Å². The minimum atomic E-state index is -1.19. The van der Waals surface area contributed by atoms with Gasteiger partial charge in [-0.2, -0.15) is 0 Å². The molecule has 5 nitrogen and oxygen atoms in total. The van der Waals surface area contributed by atoms with Crippen molar-refractivity contribution in [3.63, 3.8) is 0 Å². The Hall–Kier alpha value is -1.36. The van der Waals surface area contributed by atoms with Crippen LogP contribution in [0.25, 0.3) is 0 Å². The standard InChI is InChI=1S/C10H16O5/c1-3-4-7-14-8(2)15-10(13)6-5-9(11)12/h5-6,8H,3-4,7H2,1-2H3,(H,11,12)/b6-5+. The van der Waals surface area contributed by atoms with Gasteiger partial charge in [0.2, 0.25) is 0 Å². The van der Waals surface area contributed by atoms with Crippen LogP contribution in [0.1, 0.15) is 26.7 Å². The summed E-state index contributed by atoms with van der Waals surface area (Å²) in [4.78, 5) is 21.0. The monoisotopic (exact) mass is 216 g/mol. The summed E-state index contributed by atoms with van der Waals surface area (Å²) in [6.45, 7) is 4.13. The predicted octanol–water partition coefficient (Wildman–Crippen LogP) is 1.33. The van der Waals surface area contributed by atoms with Crippen molar-refractivity contribution in [3.8, 4) is 0 Å². The van der Waals surface area contributed by atoms with Crippen molar-refractivity contribution in [2.45, 2.75) is 33.0 Å². The number of rotatable bonds is 7. The molecule has 0 aliphatic rings. The maximum absolute atomic E-state index is 10.9. The lowest BCUT2D eigenvalue weighted by atomic mass is 10.4. The van der Waals surface area contributed by atoms with E-state index in [1.807, 2.05) is 6.92 Å². The molecular formula is C10H16O5. The van der Waals surface area contributed by atoms with E-state index in [0.717, 1.165) is 25.0 Å². The summed E-state index contributed by atoms with van der Waals surface area (Å²) in [5, 5.41) is 8.24. The normalized spacial score (nSPS) is 12.7. The molecule has 1 atom stereocenters. The quantitative estimate of drug-likeness (QED) is 0.301. The Morgan fingerprint density at radius 1 is 1.40 bits per heavy atom. The molecule has 1 unspecified atom stereocenters. The SMILES string of the molecule is CCCCOC(C)OC(=O)/C=C/C(=O)O. The fourth-order valence-electron chi connectivity index (χ4n) is 0.770. The fourth-order valence-corrected chi connectivity index (χ4v) is 0.770. The summed E-state index contributed by atoms with van der Waals surface area (Å²) >= 11 is 0. The largest absolute Gasteiger partial charge is 0.478 e. The Kier molecular flexibility index (Phi) is 7.27. The molecule has 0 fully saturated rings. The van der Waals surface area contributed by atoms with E-state index < -0.39 is 18.2 Å². The molecule has 0 amide bonds. The van der Waals surface area contributed by atoms with Crippen LogP contribution >= 0.6 is 0 Å². The number of esters is 1. The van der Waals surface area contributed by atoms with Gasteiger partial charge in [-0.05, 0) is 13.3 Å². The van der Waals surface area contributed by atoms with Crippen LogP contribution < -0.4 is 0 Å². The molecule has 0 saturated heterocycles. The summed E-state index contributed by atoms with van der Waals surface area (Å²) in [7, 11) is 0. The Labute approximate surface area is 88.7 Å². The minimum absolute atomic E-state index is 0.521. The van der Waals surface area contributed by atoms with Crippen LogP contribution in [0.2, 0.25) is 0 Å². The lowest BCUT2D eigenvalue weighted by Crippen LogP contribution is -2.17. The summed E-state index contributed by atoms with van der Waals surface area (Å²) in [5.41, 5.74) is 0. The lowest BCUT2D eigenvalue weighted by Gasteiger charge is -2.12. The molecule has 86 valence electrons. The van der Waals surface area contributed by atoms with E-state index in [1.165, 1.54) is 0 Å². The Balaban J connectivity index is 3.71. The third-order valence-electron chi connectivity index (χ3n) is 1.49. The maximum atomic E-state index is 10.9. The number of carbonyl (C=O) groups excluding carboxylic acids is 1. The maximum Gasteiger partial charge on any atom is 0.333 e. The lowest BCUT2D eigenvalue weighted by molar-refractivity contribution is -0.169. The van der Waals surface area contributed by atoms with E-state index in [1.54, 1.807) is 6.92 Å². The van der Waals surface area contributed by atoms with Gasteiger partial charge in [0.1, 0.15) is 0 Å². The summed E-state index contributed by atoms with van der Waals surface area (Å²) in [6, 6.07) is 0. The average Bonchev–Trinajstić information content (AvgIpc) is 2.15. The average molecular weight is 216 g/mol. The van der Waals surface area contributed by atoms with Crippen molar-refractivity contribution in [2.24, 2.45) is 0 Å². The number of carboxylic acids is 1. The van der Waals surface area contributed by atoms with Crippen molar-refractivity contribution < 1.29 is 24.2 Å². The molecule has 0 heterocycles. The second-order valence-corrected chi connectivity index (χ2v) is 2.90. The minimum Gasteiger partial charge on any atom is -0.478 e. The van der Waals surface area contributed by atoms with E-state index in [0.29, 0.717) is 6.61 Å². The Morgan fingerprint density at radius 3 is 2.60 bits per heavy atom. The summed E-state index contributed by atoms with van der Waals surface area (Å²) < 4.78 is 9.87. The smallest absolute Gasteiger partial charge is 0.333 e. The van der Waals surface area contributed by atoms with Crippen molar-refractivity contribution in [1.29, 1.82) is 0 Å². The highest BCUT2D eigenvalue weighted by molar-refractivity contribution is 5.90. The molecule has 0 spiro atoms. The number of ether oxygens (including phenoxy) is 2. The van der Waals surface area contributed by atoms with Gasteiger partial charge in [-0.1, -0.05) is 13.3 Å². The highest BCUT2D eigenvalue weighted by atomic mass is 16.7. The zero-order chi connectivity index (χ0) is 11.7. The van der Waals surface area contributed by atoms with E-state index >= 15 is 0 Å². The van der Waals surface area contributed by atoms with E-state index in [-0.39, 0.29) is 0 Å². The van der Waals surface area contributed by atoms with E-state index in [9.17, 15) is 9.59 Å². The van der Waals surface area contributed by atoms with Crippen molar-refractivity contribution >= 4 is 11.9 Å². The molecule has 0 aliphatic carbocycles. The van der Waals surface area contributed by atoms with Crippen LogP contribution in [0, 0.1) is 0 Å². The first-order valence-corrected chi connectivity index (χ1v) is 4.79. The van der Waals surface area contributed by atoms with Crippen LogP contribution in [0.4, 0.5) is 0 Å². The van der Waals surface area contributed by atoms with Gasteiger partial charge in [0.05, 0.1) is 6.61 Å². The number of unbranched alkanes of at least 4 members (excludes halogenated alkanes) is 1. The van der Waals surface area contributed by atoms with Crippen LogP contribution in [-0.4, -0.2) is 29.9 Å². The molecule has 0 aromatic heterocycles. The van der Waals surface area contributed by atoms with Crippen LogP contribution in [0.5, 0.6) is 0 Å². The Bertz CT molecular complexity index is 234. The highest BCUT2D eigenvalue weighted by Crippen LogP contribution is 1.97. The number of hydrogen-bond donors (Lipinski definition) is 1. The molecule has 1 N–H and O–H groups in total. The molecule has 15 heavy (non-hydrogen) atoms. The van der Waals surface area contributed by atoms with Gasteiger partial charge in [-0.25, -0.2) is 9.59 Å². The molecule has 0 aromatic rings. The molecule has 0 aromatic carbocycles. The zero-order valence-corrected chi connectivity index (χ0v) is 8.93. The summed E-state index contributed by atoms with van der Waals surface area (Å²) in [6.07, 6.45) is 2.82.